The van der Waals surface area contributed by atoms with E-state index in [2.05, 4.69) is 35.4 Å². The Kier molecular flexibility index (Phi) is 8.91. The summed E-state index contributed by atoms with van der Waals surface area (Å²) in [6.07, 6.45) is 13.2. The Labute approximate surface area is 139 Å². The van der Waals surface area contributed by atoms with E-state index in [0.717, 1.165) is 29.8 Å². The highest BCUT2D eigenvalue weighted by Crippen LogP contribution is 2.11. The molecule has 0 heterocycles. The minimum atomic E-state index is 0.232. The molecule has 122 valence electrons. The summed E-state index contributed by atoms with van der Waals surface area (Å²) < 4.78 is 0. The summed E-state index contributed by atoms with van der Waals surface area (Å²) in [5.74, 6) is 0.232. The zero-order valence-electron chi connectivity index (χ0n) is 14.0. The van der Waals surface area contributed by atoms with E-state index in [1.54, 1.807) is 13.0 Å². The van der Waals surface area contributed by atoms with Crippen LogP contribution in [0.1, 0.15) is 25.3 Å². The molecule has 0 amide bonds. The zero-order valence-corrected chi connectivity index (χ0v) is 14.0. The van der Waals surface area contributed by atoms with Crippen molar-refractivity contribution in [1.82, 2.24) is 5.32 Å². The average molecular weight is 310 g/mol. The van der Waals surface area contributed by atoms with Gasteiger partial charge < -0.3 is 15.4 Å². The molecule has 0 saturated heterocycles. The lowest BCUT2D eigenvalue weighted by Gasteiger charge is -2.00. The summed E-state index contributed by atoms with van der Waals surface area (Å²) in [7, 11) is 1.91. The highest BCUT2D eigenvalue weighted by molar-refractivity contribution is 5.75. The van der Waals surface area contributed by atoms with Gasteiger partial charge in [0.05, 0.1) is 0 Å². The molecule has 1 rings (SSSR count). The van der Waals surface area contributed by atoms with Gasteiger partial charge in [0, 0.05) is 25.7 Å². The molecule has 0 aromatic heterocycles. The second-order valence-electron chi connectivity index (χ2n) is 5.20. The molecule has 3 heteroatoms. The van der Waals surface area contributed by atoms with Gasteiger partial charge in [-0.05, 0) is 48.9 Å². The minimum Gasteiger partial charge on any atom is -0.391 e. The van der Waals surface area contributed by atoms with Crippen molar-refractivity contribution in [2.24, 2.45) is 0 Å². The first-order chi connectivity index (χ1) is 11.2. The summed E-state index contributed by atoms with van der Waals surface area (Å²) in [6, 6.07) is 8.22. The molecule has 0 aliphatic heterocycles. The van der Waals surface area contributed by atoms with Crippen molar-refractivity contribution in [2.45, 2.75) is 19.8 Å². The molecule has 3 nitrogen and oxygen atoms in total. The highest BCUT2D eigenvalue weighted by Gasteiger charge is 1.92. The number of Topliss-reactive ketones (excluding diaryl/α,β-unsaturated/α-hetero) is 1. The molecule has 0 unspecified atom stereocenters. The third-order valence-electron chi connectivity index (χ3n) is 3.22. The fourth-order valence-electron chi connectivity index (χ4n) is 1.93. The molecular formula is C20H26N2O. The van der Waals surface area contributed by atoms with Crippen LogP contribution in [0.25, 0.3) is 6.08 Å². The number of rotatable bonds is 10. The van der Waals surface area contributed by atoms with Gasteiger partial charge in [0.25, 0.3) is 0 Å². The first-order valence-electron chi connectivity index (χ1n) is 7.83. The molecule has 1 aromatic carbocycles. The van der Waals surface area contributed by atoms with Crippen LogP contribution >= 0.6 is 0 Å². The number of hydrogen-bond acceptors (Lipinski definition) is 3. The summed E-state index contributed by atoms with van der Waals surface area (Å²) in [6.45, 7) is 6.16. The van der Waals surface area contributed by atoms with Crippen molar-refractivity contribution in [1.29, 1.82) is 0 Å². The maximum atomic E-state index is 10.9. The topological polar surface area (TPSA) is 41.1 Å². The van der Waals surface area contributed by atoms with E-state index in [1.807, 2.05) is 43.6 Å². The highest BCUT2D eigenvalue weighted by atomic mass is 16.1. The third kappa shape index (κ3) is 8.47. The Hall–Kier alpha value is -2.55. The predicted molar refractivity (Wildman–Crippen MR) is 100 cm³/mol. The number of hydrogen-bond donors (Lipinski definition) is 2. The van der Waals surface area contributed by atoms with Crippen LogP contribution in [0.5, 0.6) is 0 Å². The second-order valence-corrected chi connectivity index (χ2v) is 5.20. The van der Waals surface area contributed by atoms with Crippen LogP contribution in [0.15, 0.2) is 66.9 Å². The summed E-state index contributed by atoms with van der Waals surface area (Å²) >= 11 is 0. The molecular weight excluding hydrogens is 284 g/mol. The van der Waals surface area contributed by atoms with Crippen LogP contribution in [0.3, 0.4) is 0 Å². The molecule has 0 saturated carbocycles. The lowest BCUT2D eigenvalue weighted by Crippen LogP contribution is -2.08. The van der Waals surface area contributed by atoms with Crippen LogP contribution < -0.4 is 10.6 Å². The lowest BCUT2D eigenvalue weighted by molar-refractivity contribution is -0.117. The van der Waals surface area contributed by atoms with E-state index in [9.17, 15) is 4.79 Å². The number of benzene rings is 1. The van der Waals surface area contributed by atoms with Gasteiger partial charge in [-0.3, -0.25) is 0 Å². The number of ketones is 1. The second kappa shape index (κ2) is 11.1. The fraction of sp³-hybridized carbons (Fsp3) is 0.250. The zero-order chi connectivity index (χ0) is 16.9. The van der Waals surface area contributed by atoms with E-state index in [-0.39, 0.29) is 5.78 Å². The molecule has 23 heavy (non-hydrogen) atoms. The Morgan fingerprint density at radius 3 is 2.57 bits per heavy atom. The minimum absolute atomic E-state index is 0.232. The molecule has 0 aliphatic carbocycles. The number of nitrogens with one attached hydrogen (secondary N) is 2. The molecule has 2 N–H and O–H groups in total. The summed E-state index contributed by atoms with van der Waals surface area (Å²) in [4.78, 5) is 10.9. The third-order valence-corrected chi connectivity index (χ3v) is 3.22. The van der Waals surface area contributed by atoms with E-state index < -0.39 is 0 Å². The Morgan fingerprint density at radius 1 is 1.22 bits per heavy atom. The summed E-state index contributed by atoms with van der Waals surface area (Å²) in [5, 5.41) is 6.29. The molecule has 0 atom stereocenters. The number of carbonyl (C=O) groups excluding carboxylic acids is 1. The van der Waals surface area contributed by atoms with Crippen LogP contribution in [0.4, 0.5) is 5.69 Å². The van der Waals surface area contributed by atoms with Gasteiger partial charge in [0.15, 0.2) is 0 Å². The maximum absolute atomic E-state index is 10.9. The van der Waals surface area contributed by atoms with Crippen LogP contribution in [-0.2, 0) is 4.79 Å². The quantitative estimate of drug-likeness (QED) is 0.499. The first kappa shape index (κ1) is 18.5. The van der Waals surface area contributed by atoms with Crippen LogP contribution in [0, 0.1) is 0 Å². The number of anilines is 1. The largest absolute Gasteiger partial charge is 0.391 e. The van der Waals surface area contributed by atoms with Gasteiger partial charge in [-0.2, -0.15) is 0 Å². The van der Waals surface area contributed by atoms with Gasteiger partial charge in [0.2, 0.25) is 0 Å². The smallest absolute Gasteiger partial charge is 0.129 e. The molecule has 0 fully saturated rings. The van der Waals surface area contributed by atoms with Gasteiger partial charge in [-0.25, -0.2) is 0 Å². The summed E-state index contributed by atoms with van der Waals surface area (Å²) in [5.41, 5.74) is 3.29. The van der Waals surface area contributed by atoms with Crippen molar-refractivity contribution < 1.29 is 4.79 Å². The first-order valence-corrected chi connectivity index (χ1v) is 7.83. The lowest BCUT2D eigenvalue weighted by atomic mass is 10.1. The van der Waals surface area contributed by atoms with E-state index in [1.165, 1.54) is 0 Å². The number of allylic oxidation sites excluding steroid dienone is 5. The standard InChI is InChI=1S/C20H26N2O/c1-4-6-18(14-16-22-15-5-7-17(2)23)8-9-19-10-12-20(21-3)13-11-19/h4,6,8-14,16,21-22H,1,5,7,15H2,2-3H3/b9-8+,16-14-,18-6-. The van der Waals surface area contributed by atoms with Crippen LogP contribution in [0.2, 0.25) is 0 Å². The van der Waals surface area contributed by atoms with Crippen molar-refractivity contribution in [2.75, 3.05) is 18.9 Å². The van der Waals surface area contributed by atoms with Crippen molar-refractivity contribution in [3.63, 3.8) is 0 Å². The monoisotopic (exact) mass is 310 g/mol. The maximum Gasteiger partial charge on any atom is 0.129 e. The average Bonchev–Trinajstić information content (AvgIpc) is 2.55. The SMILES string of the molecule is C=C/C=C(\C=C/NCCCC(C)=O)/C=C/c1ccc(NC)cc1. The number of carbonyl (C=O) groups is 1. The Balaban J connectivity index is 2.53. The van der Waals surface area contributed by atoms with Gasteiger partial charge in [0.1, 0.15) is 5.78 Å². The van der Waals surface area contributed by atoms with Gasteiger partial charge in [-0.1, -0.05) is 43.0 Å². The predicted octanol–water partition coefficient (Wildman–Crippen LogP) is 4.33. The van der Waals surface area contributed by atoms with E-state index >= 15 is 0 Å². The Morgan fingerprint density at radius 2 is 1.96 bits per heavy atom. The normalized spacial score (nSPS) is 11.8. The van der Waals surface area contributed by atoms with Crippen molar-refractivity contribution >= 4 is 17.5 Å². The van der Waals surface area contributed by atoms with E-state index in [0.29, 0.717) is 6.42 Å². The Bertz CT molecular complexity index is 580. The van der Waals surface area contributed by atoms with Crippen LogP contribution in [-0.4, -0.2) is 19.4 Å². The molecule has 0 spiro atoms. The van der Waals surface area contributed by atoms with Gasteiger partial charge in [-0.15, -0.1) is 0 Å². The molecule has 0 bridgehead atoms. The van der Waals surface area contributed by atoms with Crippen molar-refractivity contribution in [3.8, 4) is 0 Å². The fourth-order valence-corrected chi connectivity index (χ4v) is 1.93. The van der Waals surface area contributed by atoms with E-state index in [4.69, 9.17) is 0 Å². The molecule has 0 radical (unpaired) electrons. The molecule has 0 aliphatic rings. The van der Waals surface area contributed by atoms with Gasteiger partial charge >= 0.3 is 0 Å². The van der Waals surface area contributed by atoms with Crippen molar-refractivity contribution in [3.05, 3.63) is 72.5 Å². The molecule has 1 aromatic rings.